The fourth-order valence-corrected chi connectivity index (χ4v) is 6.86. The van der Waals surface area contributed by atoms with Crippen LogP contribution < -0.4 is 9.35 Å². The number of pyridine rings is 2. The van der Waals surface area contributed by atoms with E-state index < -0.39 is 0 Å². The number of para-hydroxylation sites is 1. The molecule has 0 fully saturated rings. The van der Waals surface area contributed by atoms with E-state index in [2.05, 4.69) is 152 Å². The van der Waals surface area contributed by atoms with Gasteiger partial charge in [-0.15, -0.1) is 0 Å². The minimum absolute atomic E-state index is 0.00154. The van der Waals surface area contributed by atoms with Crippen LogP contribution in [0.5, 0.6) is 0 Å². The highest BCUT2D eigenvalue weighted by Gasteiger charge is 2.35. The average molecular weight is 555 g/mol. The van der Waals surface area contributed by atoms with Crippen LogP contribution in [0.25, 0.3) is 77.1 Å². The minimum atomic E-state index is -0.00154. The molecule has 5 aromatic carbocycles. The number of hydrogen-bond acceptors (Lipinski definition) is 1. The summed E-state index contributed by atoms with van der Waals surface area (Å²) in [4.78, 5) is 0. The van der Waals surface area contributed by atoms with E-state index in [1.54, 1.807) is 0 Å². The lowest BCUT2D eigenvalue weighted by Gasteiger charge is -2.19. The molecule has 0 spiro atoms. The Bertz CT molecular complexity index is 2440. The Morgan fingerprint density at radius 1 is 0.488 bits per heavy atom. The van der Waals surface area contributed by atoms with Gasteiger partial charge in [0.2, 0.25) is 12.4 Å². The van der Waals surface area contributed by atoms with Gasteiger partial charge < -0.3 is 4.42 Å². The van der Waals surface area contributed by atoms with Gasteiger partial charge in [0.05, 0.1) is 20.5 Å². The molecule has 3 heteroatoms. The summed E-state index contributed by atoms with van der Waals surface area (Å²) >= 11 is 0. The molecule has 0 saturated heterocycles. The highest BCUT2D eigenvalue weighted by molar-refractivity contribution is 6.13. The van der Waals surface area contributed by atoms with Crippen molar-refractivity contribution in [3.63, 3.8) is 0 Å². The lowest BCUT2D eigenvalue weighted by atomic mass is 9.86. The first-order valence-corrected chi connectivity index (χ1v) is 14.9. The predicted molar refractivity (Wildman–Crippen MR) is 175 cm³/mol. The van der Waals surface area contributed by atoms with Crippen molar-refractivity contribution in [1.82, 2.24) is 0 Å². The second-order valence-corrected chi connectivity index (χ2v) is 12.7. The van der Waals surface area contributed by atoms with Crippen LogP contribution in [0, 0.1) is 0 Å². The molecule has 0 saturated carbocycles. The van der Waals surface area contributed by atoms with Crippen molar-refractivity contribution in [1.29, 1.82) is 0 Å². The third-order valence-corrected chi connectivity index (χ3v) is 9.11. The third-order valence-electron chi connectivity index (χ3n) is 9.11. The molecule has 8 aromatic rings. The SMILES string of the molecule is CC(C)(C)c1ccc2[n+](c1)-[n+]1ccccc1-c1cc3c(ccc4ccccc43)cc1-c1cc3c(cc1-2)oc1ccccc13. The van der Waals surface area contributed by atoms with Gasteiger partial charge in [-0.1, -0.05) is 75.4 Å². The average Bonchev–Trinajstić information content (AvgIpc) is 3.40. The summed E-state index contributed by atoms with van der Waals surface area (Å²) in [5.74, 6) is 0. The quantitative estimate of drug-likeness (QED) is 0.135. The van der Waals surface area contributed by atoms with E-state index >= 15 is 0 Å². The zero-order chi connectivity index (χ0) is 28.9. The second kappa shape index (κ2) is 8.62. The van der Waals surface area contributed by atoms with Gasteiger partial charge in [-0.25, -0.2) is 0 Å². The molecule has 1 aliphatic heterocycles. The Morgan fingerprint density at radius 3 is 2.07 bits per heavy atom. The van der Waals surface area contributed by atoms with Crippen molar-refractivity contribution < 1.29 is 13.8 Å². The van der Waals surface area contributed by atoms with Gasteiger partial charge in [-0.3, -0.25) is 0 Å². The number of rotatable bonds is 0. The molecular formula is C40H30N2O+2. The summed E-state index contributed by atoms with van der Waals surface area (Å²) < 4.78 is 11.1. The van der Waals surface area contributed by atoms with Crippen LogP contribution in [0.15, 0.2) is 132 Å². The standard InChI is InChI=1S/C40H30N2O/c1-40(2,3)27-17-18-37-34-23-39-35(29-12-6-7-14-38(29)43-39)22-32(34)31-20-26-16-15-25-10-4-5-11-28(25)30(26)21-33(31)36-13-8-9-19-41(36)42(37)24-27/h4-24H,1-3H3/q+2. The Labute approximate surface area is 249 Å². The molecule has 3 aromatic heterocycles. The number of hydrogen-bond donors (Lipinski definition) is 0. The fraction of sp³-hybridized carbons (Fsp3) is 0.100. The summed E-state index contributed by atoms with van der Waals surface area (Å²) in [7, 11) is 0. The van der Waals surface area contributed by atoms with E-state index in [1.165, 1.54) is 43.8 Å². The molecule has 0 bridgehead atoms. The molecular weight excluding hydrogens is 524 g/mol. The van der Waals surface area contributed by atoms with Gasteiger partial charge in [0.1, 0.15) is 11.2 Å². The van der Waals surface area contributed by atoms with Crippen molar-refractivity contribution >= 4 is 43.5 Å². The smallest absolute Gasteiger partial charge is 0.285 e. The molecule has 43 heavy (non-hydrogen) atoms. The molecule has 1 aliphatic rings. The van der Waals surface area contributed by atoms with Crippen molar-refractivity contribution in [2.45, 2.75) is 26.2 Å². The molecule has 9 rings (SSSR count). The van der Waals surface area contributed by atoms with Crippen LogP contribution >= 0.6 is 0 Å². The number of fused-ring (bicyclic) bond motifs is 14. The molecule has 4 heterocycles. The molecule has 3 nitrogen and oxygen atoms in total. The number of benzene rings is 5. The van der Waals surface area contributed by atoms with Crippen molar-refractivity contribution in [2.75, 3.05) is 0 Å². The van der Waals surface area contributed by atoms with Gasteiger partial charge in [0.15, 0.2) is 0 Å². The topological polar surface area (TPSA) is 20.9 Å². The largest absolute Gasteiger partial charge is 0.456 e. The lowest BCUT2D eigenvalue weighted by Crippen LogP contribution is -2.68. The van der Waals surface area contributed by atoms with E-state index in [-0.39, 0.29) is 5.41 Å². The van der Waals surface area contributed by atoms with Crippen molar-refractivity contribution in [2.24, 2.45) is 0 Å². The maximum Gasteiger partial charge on any atom is 0.285 e. The number of aromatic nitrogens is 2. The van der Waals surface area contributed by atoms with Gasteiger partial charge in [0, 0.05) is 34.5 Å². The van der Waals surface area contributed by atoms with Crippen LogP contribution in [0.2, 0.25) is 0 Å². The first-order valence-electron chi connectivity index (χ1n) is 14.9. The van der Waals surface area contributed by atoms with Gasteiger partial charge in [-0.2, -0.15) is 0 Å². The Kier molecular flexibility index (Phi) is 4.88. The molecule has 204 valence electrons. The molecule has 0 amide bonds. The van der Waals surface area contributed by atoms with Gasteiger partial charge in [0.25, 0.3) is 11.4 Å². The third kappa shape index (κ3) is 3.55. The summed E-state index contributed by atoms with van der Waals surface area (Å²) in [5.41, 5.74) is 10.1. The van der Waals surface area contributed by atoms with E-state index in [0.717, 1.165) is 38.9 Å². The van der Waals surface area contributed by atoms with Gasteiger partial charge in [-0.05, 0) is 80.6 Å². The van der Waals surface area contributed by atoms with Crippen LogP contribution in [-0.4, -0.2) is 0 Å². The lowest BCUT2D eigenvalue weighted by molar-refractivity contribution is -1.29. The number of furan rings is 1. The first kappa shape index (κ1) is 24.3. The summed E-state index contributed by atoms with van der Waals surface area (Å²) in [6.45, 7) is 6.81. The maximum absolute atomic E-state index is 6.44. The summed E-state index contributed by atoms with van der Waals surface area (Å²) in [5, 5.41) is 7.30. The van der Waals surface area contributed by atoms with E-state index in [1.807, 2.05) is 6.07 Å². The van der Waals surface area contributed by atoms with Crippen molar-refractivity contribution in [3.05, 3.63) is 133 Å². The Balaban J connectivity index is 1.49. The zero-order valence-corrected chi connectivity index (χ0v) is 24.4. The molecule has 0 atom stereocenters. The highest BCUT2D eigenvalue weighted by Crippen LogP contribution is 2.44. The molecule has 0 aliphatic carbocycles. The predicted octanol–water partition coefficient (Wildman–Crippen LogP) is 9.39. The second-order valence-electron chi connectivity index (χ2n) is 12.7. The minimum Gasteiger partial charge on any atom is -0.456 e. The Hall–Kier alpha value is -5.28. The first-order chi connectivity index (χ1) is 20.9. The highest BCUT2D eigenvalue weighted by atomic mass is 16.3. The summed E-state index contributed by atoms with van der Waals surface area (Å²) in [6, 6.07) is 42.0. The van der Waals surface area contributed by atoms with Gasteiger partial charge >= 0.3 is 0 Å². The normalized spacial score (nSPS) is 12.5. The maximum atomic E-state index is 6.44. The van der Waals surface area contributed by atoms with Crippen LogP contribution in [-0.2, 0) is 5.41 Å². The van der Waals surface area contributed by atoms with Crippen LogP contribution in [0.3, 0.4) is 0 Å². The fourth-order valence-electron chi connectivity index (χ4n) is 6.86. The molecule has 0 N–H and O–H groups in total. The zero-order valence-electron chi connectivity index (χ0n) is 24.4. The monoisotopic (exact) mass is 554 g/mol. The summed E-state index contributed by atoms with van der Waals surface area (Å²) in [6.07, 6.45) is 4.47. The van der Waals surface area contributed by atoms with Crippen molar-refractivity contribution in [3.8, 4) is 33.6 Å². The molecule has 0 unspecified atom stereocenters. The molecule has 0 radical (unpaired) electrons. The van der Waals surface area contributed by atoms with E-state index in [4.69, 9.17) is 4.42 Å². The van der Waals surface area contributed by atoms with Crippen LogP contribution in [0.1, 0.15) is 26.3 Å². The van der Waals surface area contributed by atoms with E-state index in [0.29, 0.717) is 0 Å². The number of nitrogens with zero attached hydrogens (tertiary/aromatic N) is 2. The van der Waals surface area contributed by atoms with Crippen LogP contribution in [0.4, 0.5) is 0 Å². The van der Waals surface area contributed by atoms with E-state index in [9.17, 15) is 0 Å². The Morgan fingerprint density at radius 2 is 1.19 bits per heavy atom.